The summed E-state index contributed by atoms with van der Waals surface area (Å²) in [6.45, 7) is 0. The molecule has 2 nitrogen and oxygen atoms in total. The van der Waals surface area contributed by atoms with Gasteiger partial charge in [0.2, 0.25) is 0 Å². The van der Waals surface area contributed by atoms with E-state index in [0.717, 1.165) is 12.1 Å². The first-order valence-corrected chi connectivity index (χ1v) is 6.53. The predicted octanol–water partition coefficient (Wildman–Crippen LogP) is 4.28. The molecule has 0 aromatic heterocycles. The summed E-state index contributed by atoms with van der Waals surface area (Å²) in [5.41, 5.74) is 0.327. The van der Waals surface area contributed by atoms with E-state index in [2.05, 4.69) is 20.7 Å². The molecule has 1 aromatic rings. The van der Waals surface area contributed by atoms with E-state index in [4.69, 9.17) is 0 Å². The molecule has 0 N–H and O–H groups in total. The topological polar surface area (TPSA) is 26.3 Å². The van der Waals surface area contributed by atoms with Gasteiger partial charge in [-0.15, -0.1) is 0 Å². The Bertz CT molecular complexity index is 420. The fourth-order valence-corrected chi connectivity index (χ4v) is 1.56. The average Bonchev–Trinajstić information content (AvgIpc) is 2.36. The van der Waals surface area contributed by atoms with Gasteiger partial charge in [-0.25, -0.2) is 0 Å². The van der Waals surface area contributed by atoms with Crippen LogP contribution in [0.5, 0.6) is 5.75 Å². The molecule has 1 aromatic carbocycles. The van der Waals surface area contributed by atoms with E-state index in [1.54, 1.807) is 0 Å². The molecule has 7 heteroatoms. The van der Waals surface area contributed by atoms with Crippen LogP contribution in [0.2, 0.25) is 0 Å². The number of alkyl halides is 5. The minimum Gasteiger partial charge on any atom is -0.428 e. The van der Waals surface area contributed by atoms with Crippen LogP contribution in [0.3, 0.4) is 0 Å². The van der Waals surface area contributed by atoms with Gasteiger partial charge in [0.05, 0.1) is 0 Å². The number of benzene rings is 1. The maximum Gasteiger partial charge on any atom is 0.461 e. The van der Waals surface area contributed by atoms with E-state index in [9.17, 15) is 22.4 Å². The first-order valence-electron chi connectivity index (χ1n) is 5.41. The molecule has 0 atom stereocenters. The second kappa shape index (κ2) is 6.88. The molecule has 0 aliphatic rings. The second-order valence-electron chi connectivity index (χ2n) is 3.70. The highest BCUT2D eigenvalue weighted by atomic mass is 79.9. The van der Waals surface area contributed by atoms with Crippen LogP contribution in [0.25, 0.3) is 0 Å². The van der Waals surface area contributed by atoms with Crippen molar-refractivity contribution in [3.05, 3.63) is 29.8 Å². The van der Waals surface area contributed by atoms with E-state index in [1.807, 2.05) is 0 Å². The Balaban J connectivity index is 2.69. The number of ketones is 1. The van der Waals surface area contributed by atoms with Crippen molar-refractivity contribution in [2.45, 2.75) is 25.4 Å². The normalized spacial score (nSPS) is 11.7. The van der Waals surface area contributed by atoms with Crippen LogP contribution in [-0.4, -0.2) is 23.6 Å². The van der Waals surface area contributed by atoms with Gasteiger partial charge in [0.15, 0.2) is 5.78 Å². The van der Waals surface area contributed by atoms with Crippen molar-refractivity contribution in [1.82, 2.24) is 0 Å². The number of hydrogen-bond acceptors (Lipinski definition) is 2. The zero-order valence-electron chi connectivity index (χ0n) is 9.71. The van der Waals surface area contributed by atoms with Crippen molar-refractivity contribution in [2.75, 3.05) is 5.33 Å². The van der Waals surface area contributed by atoms with E-state index < -0.39 is 18.3 Å². The highest BCUT2D eigenvalue weighted by molar-refractivity contribution is 9.09. The summed E-state index contributed by atoms with van der Waals surface area (Å²) in [6, 6.07) is 4.68. The fourth-order valence-electron chi connectivity index (χ4n) is 1.28. The summed E-state index contributed by atoms with van der Waals surface area (Å²) >= 11 is 3.18. The number of rotatable bonds is 7. The van der Waals surface area contributed by atoms with E-state index >= 15 is 0 Å². The highest BCUT2D eigenvalue weighted by Crippen LogP contribution is 2.27. The Labute approximate surface area is 115 Å². The summed E-state index contributed by atoms with van der Waals surface area (Å²) in [5.74, 6) is -0.561. The zero-order chi connectivity index (χ0) is 14.5. The van der Waals surface area contributed by atoms with E-state index in [1.165, 1.54) is 12.1 Å². The number of ether oxygens (including phenoxy) is 1. The Hall–Kier alpha value is -1.11. The molecule has 0 radical (unpaired) electrons. The van der Waals surface area contributed by atoms with Gasteiger partial charge in [0.25, 0.3) is 0 Å². The first-order chi connectivity index (χ1) is 8.86. The van der Waals surface area contributed by atoms with Crippen LogP contribution in [-0.2, 0) is 0 Å². The molecule has 0 aliphatic heterocycles. The Morgan fingerprint density at radius 1 is 1.26 bits per heavy atom. The summed E-state index contributed by atoms with van der Waals surface area (Å²) < 4.78 is 52.9. The van der Waals surface area contributed by atoms with Gasteiger partial charge >= 0.3 is 12.5 Å². The fraction of sp³-hybridized carbons (Fsp3) is 0.417. The second-order valence-corrected chi connectivity index (χ2v) is 4.50. The molecule has 0 spiro atoms. The summed E-state index contributed by atoms with van der Waals surface area (Å²) in [7, 11) is 0. The number of carbonyl (C=O) groups is 1. The SMILES string of the molecule is O=C(CCCBr)c1ccc(OC(F)(F)C(F)F)cc1. The van der Waals surface area contributed by atoms with Crippen molar-refractivity contribution in [1.29, 1.82) is 0 Å². The number of hydrogen-bond donors (Lipinski definition) is 0. The quantitative estimate of drug-likeness (QED) is 0.420. The van der Waals surface area contributed by atoms with Gasteiger partial charge in [-0.1, -0.05) is 15.9 Å². The monoisotopic (exact) mass is 342 g/mol. The van der Waals surface area contributed by atoms with Gasteiger partial charge in [0.1, 0.15) is 5.75 Å². The van der Waals surface area contributed by atoms with Gasteiger partial charge in [0, 0.05) is 17.3 Å². The summed E-state index contributed by atoms with van der Waals surface area (Å²) in [4.78, 5) is 11.6. The number of halogens is 5. The lowest BCUT2D eigenvalue weighted by Crippen LogP contribution is -2.33. The third-order valence-corrected chi connectivity index (χ3v) is 2.78. The van der Waals surface area contributed by atoms with Crippen molar-refractivity contribution in [2.24, 2.45) is 0 Å². The standard InChI is InChI=1S/C12H11BrF4O2/c13-7-1-2-10(18)8-3-5-9(6-4-8)19-12(16,17)11(14)15/h3-6,11H,1-2,7H2. The third-order valence-electron chi connectivity index (χ3n) is 2.22. The number of carbonyl (C=O) groups excluding carboxylic acids is 1. The lowest BCUT2D eigenvalue weighted by atomic mass is 10.1. The molecule has 0 fully saturated rings. The molecule has 0 bridgehead atoms. The van der Waals surface area contributed by atoms with Crippen molar-refractivity contribution >= 4 is 21.7 Å². The molecule has 0 amide bonds. The molecular weight excluding hydrogens is 332 g/mol. The van der Waals surface area contributed by atoms with Gasteiger partial charge < -0.3 is 4.74 Å². The Kier molecular flexibility index (Phi) is 5.78. The molecule has 106 valence electrons. The van der Waals surface area contributed by atoms with Gasteiger partial charge in [-0.3, -0.25) is 4.79 Å². The Morgan fingerprint density at radius 3 is 2.32 bits per heavy atom. The van der Waals surface area contributed by atoms with Gasteiger partial charge in [-0.2, -0.15) is 17.6 Å². The van der Waals surface area contributed by atoms with E-state index in [-0.39, 0.29) is 5.78 Å². The molecule has 1 rings (SSSR count). The van der Waals surface area contributed by atoms with Crippen LogP contribution in [0.15, 0.2) is 24.3 Å². The minimum atomic E-state index is -4.54. The highest BCUT2D eigenvalue weighted by Gasteiger charge is 2.43. The maximum absolute atomic E-state index is 12.6. The molecule has 0 unspecified atom stereocenters. The van der Waals surface area contributed by atoms with Crippen molar-refractivity contribution in [3.63, 3.8) is 0 Å². The Morgan fingerprint density at radius 2 is 1.84 bits per heavy atom. The van der Waals surface area contributed by atoms with Crippen LogP contribution in [0.1, 0.15) is 23.2 Å². The average molecular weight is 343 g/mol. The predicted molar refractivity (Wildman–Crippen MR) is 65.4 cm³/mol. The summed E-state index contributed by atoms with van der Waals surface area (Å²) in [6.07, 6.45) is -7.48. The summed E-state index contributed by atoms with van der Waals surface area (Å²) in [5, 5.41) is 0.681. The van der Waals surface area contributed by atoms with Crippen LogP contribution < -0.4 is 4.74 Å². The molecule has 0 heterocycles. The van der Waals surface area contributed by atoms with Crippen molar-refractivity contribution in [3.8, 4) is 5.75 Å². The molecule has 0 saturated carbocycles. The smallest absolute Gasteiger partial charge is 0.428 e. The van der Waals surface area contributed by atoms with Crippen LogP contribution in [0.4, 0.5) is 17.6 Å². The van der Waals surface area contributed by atoms with Gasteiger partial charge in [-0.05, 0) is 30.7 Å². The molecule has 0 saturated heterocycles. The third kappa shape index (κ3) is 4.81. The lowest BCUT2D eigenvalue weighted by molar-refractivity contribution is -0.253. The lowest BCUT2D eigenvalue weighted by Gasteiger charge is -2.16. The number of Topliss-reactive ketones (excluding diaryl/α,β-unsaturated/α-hetero) is 1. The largest absolute Gasteiger partial charge is 0.461 e. The molecule has 19 heavy (non-hydrogen) atoms. The minimum absolute atomic E-state index is 0.147. The maximum atomic E-state index is 12.6. The van der Waals surface area contributed by atoms with Crippen LogP contribution in [0, 0.1) is 0 Å². The first kappa shape index (κ1) is 15.9. The zero-order valence-corrected chi connectivity index (χ0v) is 11.3. The van der Waals surface area contributed by atoms with E-state index in [0.29, 0.717) is 23.7 Å². The van der Waals surface area contributed by atoms with Crippen molar-refractivity contribution < 1.29 is 27.1 Å². The van der Waals surface area contributed by atoms with Crippen LogP contribution >= 0.6 is 15.9 Å². The molecule has 0 aliphatic carbocycles. The molecular formula is C12H11BrF4O2.